The molecular formula is C34H43ClF3N6O5W-. The van der Waals surface area contributed by atoms with E-state index in [1.807, 2.05) is 38.6 Å². The molecule has 11 nitrogen and oxygen atoms in total. The van der Waals surface area contributed by atoms with Gasteiger partial charge in [-0.05, 0) is 63.0 Å². The zero-order chi connectivity index (χ0) is 35.9. The van der Waals surface area contributed by atoms with Crippen LogP contribution in [0, 0.1) is 6.07 Å². The minimum Gasteiger partial charge on any atom is -0.510 e. The third-order valence-corrected chi connectivity index (χ3v) is 9.17. The predicted molar refractivity (Wildman–Crippen MR) is 179 cm³/mol. The number of H-pyrrole nitrogens is 1. The molecule has 4 N–H and O–H groups in total. The van der Waals surface area contributed by atoms with Crippen molar-refractivity contribution >= 4 is 23.1 Å². The van der Waals surface area contributed by atoms with E-state index in [4.69, 9.17) is 16.3 Å². The number of aliphatic hydroxyl groups is 2. The van der Waals surface area contributed by atoms with Gasteiger partial charge in [0.25, 0.3) is 11.5 Å². The number of aromatic nitrogens is 4. The van der Waals surface area contributed by atoms with E-state index in [1.165, 1.54) is 6.08 Å². The number of aryl methyl sites for hydroxylation is 2. The van der Waals surface area contributed by atoms with Crippen molar-refractivity contribution in [2.45, 2.75) is 83.3 Å². The van der Waals surface area contributed by atoms with Crippen molar-refractivity contribution in [3.63, 3.8) is 0 Å². The zero-order valence-electron chi connectivity index (χ0n) is 28.4. The number of aromatic amines is 1. The van der Waals surface area contributed by atoms with Gasteiger partial charge >= 0.3 is 6.18 Å². The van der Waals surface area contributed by atoms with Crippen LogP contribution in [0.1, 0.15) is 69.1 Å². The van der Waals surface area contributed by atoms with Crippen molar-refractivity contribution in [1.82, 2.24) is 29.8 Å². The van der Waals surface area contributed by atoms with E-state index >= 15 is 0 Å². The molecule has 1 aromatic heterocycles. The van der Waals surface area contributed by atoms with E-state index in [1.54, 1.807) is 17.2 Å². The third-order valence-electron chi connectivity index (χ3n) is 8.95. The summed E-state index contributed by atoms with van der Waals surface area (Å²) in [4.78, 5) is 28.8. The Morgan fingerprint density at radius 3 is 2.58 bits per heavy atom. The minimum atomic E-state index is -4.32. The largest absolute Gasteiger partial charge is 0.510 e. The summed E-state index contributed by atoms with van der Waals surface area (Å²) in [5.41, 5.74) is 0.971. The first-order chi connectivity index (χ1) is 23.3. The second-order valence-electron chi connectivity index (χ2n) is 11.9. The zero-order valence-corrected chi connectivity index (χ0v) is 32.1. The number of hydrogen-bond donors (Lipinski definition) is 4. The Morgan fingerprint density at radius 2 is 2.00 bits per heavy atom. The molecule has 16 heteroatoms. The maximum Gasteiger partial charge on any atom is 0.394 e. The van der Waals surface area contributed by atoms with Crippen LogP contribution in [-0.4, -0.2) is 72.4 Å². The Hall–Kier alpha value is -3.32. The maximum atomic E-state index is 13.8. The van der Waals surface area contributed by atoms with Crippen LogP contribution in [0.5, 0.6) is 0 Å². The van der Waals surface area contributed by atoms with E-state index in [0.29, 0.717) is 56.8 Å². The van der Waals surface area contributed by atoms with Crippen molar-refractivity contribution in [2.75, 3.05) is 19.8 Å². The number of halogens is 4. The number of ether oxygens (including phenoxy) is 1. The van der Waals surface area contributed by atoms with Crippen LogP contribution >= 0.6 is 11.6 Å². The van der Waals surface area contributed by atoms with Crippen LogP contribution in [0.3, 0.4) is 0 Å². The quantitative estimate of drug-likeness (QED) is 0.316. The molecule has 4 aliphatic rings. The number of hydrogen-bond acceptors (Lipinski definition) is 7. The van der Waals surface area contributed by atoms with Gasteiger partial charge in [-0.1, -0.05) is 30.5 Å². The summed E-state index contributed by atoms with van der Waals surface area (Å²) < 4.78 is 44.1. The van der Waals surface area contributed by atoms with Crippen molar-refractivity contribution in [2.24, 2.45) is 7.05 Å². The van der Waals surface area contributed by atoms with Crippen LogP contribution in [0.4, 0.5) is 13.2 Å². The fourth-order valence-electron chi connectivity index (χ4n) is 6.69. The second-order valence-corrected chi connectivity index (χ2v) is 12.3. The van der Waals surface area contributed by atoms with Gasteiger partial charge in [0, 0.05) is 57.4 Å². The molecular weight excluding hydrogens is 849 g/mol. The van der Waals surface area contributed by atoms with Crippen LogP contribution in [0.2, 0.25) is 5.02 Å². The van der Waals surface area contributed by atoms with Crippen molar-refractivity contribution in [3.8, 4) is 0 Å². The van der Waals surface area contributed by atoms with Gasteiger partial charge in [0.1, 0.15) is 12.5 Å². The van der Waals surface area contributed by atoms with E-state index in [-0.39, 0.29) is 49.4 Å². The van der Waals surface area contributed by atoms with Gasteiger partial charge in [0.2, 0.25) is 0 Å². The number of alkyl halides is 3. The average Bonchev–Trinajstić information content (AvgIpc) is 3.41. The maximum absolute atomic E-state index is 13.8. The number of nitrogens with zero attached hydrogens (tertiary/aromatic N) is 4. The summed E-state index contributed by atoms with van der Waals surface area (Å²) >= 11 is 5.30. The molecule has 0 radical (unpaired) electrons. The van der Waals surface area contributed by atoms with Crippen LogP contribution in [-0.2, 0) is 62.4 Å². The number of allylic oxidation sites excluding steroid dienone is 2. The molecule has 1 aliphatic carbocycles. The number of fused-ring (bicyclic) bond motifs is 2. The van der Waals surface area contributed by atoms with Crippen LogP contribution in [0.15, 0.2) is 53.2 Å². The standard InChI is InChI=1S/C25H34N6O5.C7H3ClF3.C2H6.W/c1-16-14-25(9-11-30(16)24(35)21-19(33)4-3-10-26-21)8-5-18-20(25)23(34)31(15-32)28-22(29(2)27-18)17-6-12-36-13-7-17;8-6-3-1-2-5(4-6)7(9,10)11;1-2;/h3-4,6,10,16,21,26-27,32-33H,5,7-9,11-15H2,1-2H3;1-2,4H;1-2H3;/q;-1;;. The topological polar surface area (TPSA) is 138 Å². The van der Waals surface area contributed by atoms with Crippen molar-refractivity contribution in [3.05, 3.63) is 92.5 Å². The Morgan fingerprint density at radius 1 is 1.26 bits per heavy atom. The molecule has 1 amide bonds. The second kappa shape index (κ2) is 17.7. The average molecular weight is 892 g/mol. The van der Waals surface area contributed by atoms with Crippen LogP contribution < -0.4 is 10.9 Å². The summed E-state index contributed by atoms with van der Waals surface area (Å²) in [6.07, 6.45) is 5.82. The van der Waals surface area contributed by atoms with Gasteiger partial charge in [-0.25, -0.2) is 4.68 Å². The molecule has 6 rings (SSSR count). The molecule has 2 aromatic rings. The number of amides is 1. The van der Waals surface area contributed by atoms with Crippen molar-refractivity contribution in [1.29, 1.82) is 0 Å². The molecule has 1 fully saturated rings. The van der Waals surface area contributed by atoms with Crippen molar-refractivity contribution < 1.29 is 54.0 Å². The van der Waals surface area contributed by atoms with Gasteiger partial charge in [0.15, 0.2) is 11.9 Å². The third kappa shape index (κ3) is 9.12. The number of dihydropyridines is 1. The molecule has 0 saturated carbocycles. The van der Waals surface area contributed by atoms with Gasteiger partial charge in [-0.2, -0.15) is 31.4 Å². The van der Waals surface area contributed by atoms with E-state index in [0.717, 1.165) is 40.6 Å². The number of rotatable bonds is 3. The molecule has 1 saturated heterocycles. The molecule has 3 aliphatic heterocycles. The number of carbonyl (C=O) groups excluding carboxylic acids is 1. The fourth-order valence-corrected chi connectivity index (χ4v) is 6.87. The Labute approximate surface area is 308 Å². The monoisotopic (exact) mass is 891 g/mol. The SMILES string of the molecule is CC.CC1CC2(CCc3[nH]n(C)c(C4=CCOCC4)nn(CO)c(=O)c32)CCN1C(=O)C1NC=CC=C1O.FC(F)(F)c1cc[c-]c(Cl)c1.[W]. The number of aliphatic hydroxyl groups excluding tert-OH is 2. The first kappa shape index (κ1) is 41.1. The first-order valence-electron chi connectivity index (χ1n) is 16.2. The first-order valence-corrected chi connectivity index (χ1v) is 16.6. The van der Waals surface area contributed by atoms with Crippen LogP contribution in [0.25, 0.3) is 5.57 Å². The van der Waals surface area contributed by atoms with Gasteiger partial charge < -0.3 is 30.3 Å². The Bertz CT molecular complexity index is 1720. The van der Waals surface area contributed by atoms with Gasteiger partial charge in [0.05, 0.1) is 13.2 Å². The molecule has 1 aromatic carbocycles. The molecule has 1 spiro atoms. The Balaban J connectivity index is 0.000000411. The predicted octanol–water partition coefficient (Wildman–Crippen LogP) is 5.09. The Kier molecular flexibility index (Phi) is 14.6. The minimum absolute atomic E-state index is 0. The summed E-state index contributed by atoms with van der Waals surface area (Å²) in [6.45, 7) is 6.99. The molecule has 4 heterocycles. The smallest absolute Gasteiger partial charge is 0.394 e. The van der Waals surface area contributed by atoms with E-state index < -0.39 is 29.9 Å². The number of nitrogens with one attached hydrogen (secondary N) is 2. The number of carbonyl (C=O) groups is 1. The fraction of sp³-hybridized carbons (Fsp3) is 0.500. The molecule has 3 atom stereocenters. The summed E-state index contributed by atoms with van der Waals surface area (Å²) in [5, 5.41) is 31.2. The van der Waals surface area contributed by atoms with E-state index in [9.17, 15) is 33.0 Å². The summed E-state index contributed by atoms with van der Waals surface area (Å²) in [7, 11) is 1.87. The van der Waals surface area contributed by atoms with Gasteiger partial charge in [-0.15, -0.1) is 22.8 Å². The van der Waals surface area contributed by atoms with Gasteiger partial charge in [-0.3, -0.25) is 14.3 Å². The summed E-state index contributed by atoms with van der Waals surface area (Å²) in [5.74, 6) is 0.402. The number of benzene rings is 1. The molecule has 3 unspecified atom stereocenters. The molecule has 0 bridgehead atoms. The molecule has 50 heavy (non-hydrogen) atoms. The summed E-state index contributed by atoms with van der Waals surface area (Å²) in [6, 6.07) is 4.38. The molecule has 274 valence electrons. The number of likely N-dealkylation sites (tertiary alicyclic amines) is 1. The van der Waals surface area contributed by atoms with E-state index in [2.05, 4.69) is 21.6 Å². The normalized spacial score (nSPS) is 22.3. The number of piperidine rings is 1.